The van der Waals surface area contributed by atoms with E-state index >= 15 is 0 Å². The molecule has 0 bridgehead atoms. The molecule has 0 saturated carbocycles. The van der Waals surface area contributed by atoms with Gasteiger partial charge in [-0.1, -0.05) is 0 Å². The van der Waals surface area contributed by atoms with Crippen LogP contribution >= 0.6 is 11.3 Å². The molecule has 8 nitrogen and oxygen atoms in total. The second-order valence-corrected chi connectivity index (χ2v) is 7.36. The van der Waals surface area contributed by atoms with Crippen molar-refractivity contribution in [3.8, 4) is 10.7 Å². The van der Waals surface area contributed by atoms with Gasteiger partial charge in [0.2, 0.25) is 0 Å². The number of aromatic nitrogens is 5. The highest BCUT2D eigenvalue weighted by Gasteiger charge is 2.27. The molecular formula is C18H18N6O2S. The minimum Gasteiger partial charge on any atom is -0.337 e. The zero-order valence-corrected chi connectivity index (χ0v) is 15.6. The van der Waals surface area contributed by atoms with Crippen molar-refractivity contribution in [2.75, 3.05) is 13.1 Å². The molecule has 0 atom stereocenters. The predicted molar refractivity (Wildman–Crippen MR) is 101 cm³/mol. The second kappa shape index (κ2) is 7.36. The average Bonchev–Trinajstić information content (AvgIpc) is 3.23. The third kappa shape index (κ3) is 3.77. The highest BCUT2D eigenvalue weighted by molar-refractivity contribution is 7.13. The number of H-pyrrole nitrogens is 1. The van der Waals surface area contributed by atoms with E-state index in [9.17, 15) is 9.59 Å². The standard InChI is InChI=1S/C18H18N6O2S/c1-11-9-21-14(10-20-11)18(26)24-5-2-12(3-6-24)16-22-13(8-15(25)23-16)17-19-4-7-27-17/h4,7-10,12H,2-3,5-6H2,1H3,(H,22,23,25). The lowest BCUT2D eigenvalue weighted by Crippen LogP contribution is -2.39. The van der Waals surface area contributed by atoms with Gasteiger partial charge in [-0.3, -0.25) is 14.6 Å². The molecule has 3 aromatic heterocycles. The van der Waals surface area contributed by atoms with Gasteiger partial charge in [0, 0.05) is 42.8 Å². The molecule has 9 heteroatoms. The summed E-state index contributed by atoms with van der Waals surface area (Å²) in [5.41, 5.74) is 1.55. The molecule has 0 aliphatic carbocycles. The summed E-state index contributed by atoms with van der Waals surface area (Å²) in [4.78, 5) is 46.3. The van der Waals surface area contributed by atoms with E-state index in [0.717, 1.165) is 23.5 Å². The summed E-state index contributed by atoms with van der Waals surface area (Å²) in [5, 5.41) is 2.59. The maximum absolute atomic E-state index is 12.6. The van der Waals surface area contributed by atoms with Crippen LogP contribution in [-0.2, 0) is 0 Å². The van der Waals surface area contributed by atoms with Gasteiger partial charge < -0.3 is 9.88 Å². The minimum absolute atomic E-state index is 0.103. The Morgan fingerprint density at radius 1 is 1.22 bits per heavy atom. The molecule has 0 aromatic carbocycles. The SMILES string of the molecule is Cc1cnc(C(=O)N2CCC(c3nc(-c4nccs4)cc(=O)[nH]3)CC2)cn1. The average molecular weight is 382 g/mol. The van der Waals surface area contributed by atoms with Gasteiger partial charge in [0.15, 0.2) is 0 Å². The molecule has 4 heterocycles. The number of hydrogen-bond donors (Lipinski definition) is 1. The van der Waals surface area contributed by atoms with E-state index in [1.54, 1.807) is 17.3 Å². The van der Waals surface area contributed by atoms with Crippen LogP contribution in [0, 0.1) is 6.92 Å². The smallest absolute Gasteiger partial charge is 0.274 e. The fourth-order valence-electron chi connectivity index (χ4n) is 3.15. The van der Waals surface area contributed by atoms with E-state index in [-0.39, 0.29) is 17.4 Å². The number of aryl methyl sites for hydroxylation is 1. The van der Waals surface area contributed by atoms with E-state index < -0.39 is 0 Å². The maximum atomic E-state index is 12.6. The molecule has 1 aliphatic rings. The number of carbonyl (C=O) groups is 1. The third-order valence-corrected chi connectivity index (χ3v) is 5.38. The van der Waals surface area contributed by atoms with E-state index in [4.69, 9.17) is 0 Å². The van der Waals surface area contributed by atoms with Gasteiger partial charge in [-0.2, -0.15) is 0 Å². The van der Waals surface area contributed by atoms with Crippen LogP contribution in [0.4, 0.5) is 0 Å². The first-order chi connectivity index (χ1) is 13.1. The quantitative estimate of drug-likeness (QED) is 0.743. The van der Waals surface area contributed by atoms with Crippen molar-refractivity contribution in [3.05, 3.63) is 57.6 Å². The lowest BCUT2D eigenvalue weighted by Gasteiger charge is -2.31. The van der Waals surface area contributed by atoms with Crippen molar-refractivity contribution in [2.24, 2.45) is 0 Å². The number of aromatic amines is 1. The monoisotopic (exact) mass is 382 g/mol. The Kier molecular flexibility index (Phi) is 4.76. The summed E-state index contributed by atoms with van der Waals surface area (Å²) < 4.78 is 0. The van der Waals surface area contributed by atoms with Crippen LogP contribution in [0.5, 0.6) is 0 Å². The van der Waals surface area contributed by atoms with Crippen LogP contribution in [0.25, 0.3) is 10.7 Å². The first kappa shape index (κ1) is 17.5. The summed E-state index contributed by atoms with van der Waals surface area (Å²) in [5.74, 6) is 0.652. The predicted octanol–water partition coefficient (Wildman–Crippen LogP) is 2.01. The number of carbonyl (C=O) groups excluding carboxylic acids is 1. The molecule has 3 aromatic rings. The molecule has 1 saturated heterocycles. The number of likely N-dealkylation sites (tertiary alicyclic amines) is 1. The zero-order chi connectivity index (χ0) is 18.8. The summed E-state index contributed by atoms with van der Waals surface area (Å²) in [7, 11) is 0. The highest BCUT2D eigenvalue weighted by atomic mass is 32.1. The number of amides is 1. The molecule has 27 heavy (non-hydrogen) atoms. The van der Waals surface area contributed by atoms with Gasteiger partial charge >= 0.3 is 0 Å². The van der Waals surface area contributed by atoms with Crippen molar-refractivity contribution >= 4 is 17.2 Å². The molecule has 0 radical (unpaired) electrons. The van der Waals surface area contributed by atoms with Crippen LogP contribution in [0.2, 0.25) is 0 Å². The van der Waals surface area contributed by atoms with E-state index in [2.05, 4.69) is 24.9 Å². The van der Waals surface area contributed by atoms with Crippen LogP contribution in [0.15, 0.2) is 34.8 Å². The lowest BCUT2D eigenvalue weighted by atomic mass is 9.95. The van der Waals surface area contributed by atoms with Crippen LogP contribution in [0.3, 0.4) is 0 Å². The van der Waals surface area contributed by atoms with Gasteiger partial charge in [-0.15, -0.1) is 11.3 Å². The molecule has 0 unspecified atom stereocenters. The summed E-state index contributed by atoms with van der Waals surface area (Å²) in [6, 6.07) is 1.47. The number of hydrogen-bond acceptors (Lipinski definition) is 7. The number of rotatable bonds is 3. The largest absolute Gasteiger partial charge is 0.337 e. The molecule has 1 amide bonds. The second-order valence-electron chi connectivity index (χ2n) is 6.46. The molecule has 1 aliphatic heterocycles. The molecule has 4 rings (SSSR count). The van der Waals surface area contributed by atoms with Crippen molar-refractivity contribution in [1.82, 2.24) is 29.8 Å². The van der Waals surface area contributed by atoms with Crippen molar-refractivity contribution in [2.45, 2.75) is 25.7 Å². The van der Waals surface area contributed by atoms with Crippen molar-refractivity contribution < 1.29 is 4.79 Å². The molecule has 138 valence electrons. The Balaban J connectivity index is 1.47. The number of nitrogens with zero attached hydrogens (tertiary/aromatic N) is 5. The number of thiazole rings is 1. The molecule has 1 fully saturated rings. The van der Waals surface area contributed by atoms with Crippen LogP contribution in [-0.4, -0.2) is 48.8 Å². The molecular weight excluding hydrogens is 364 g/mol. The minimum atomic E-state index is -0.182. The number of piperidine rings is 1. The normalized spacial score (nSPS) is 15.1. The van der Waals surface area contributed by atoms with Gasteiger partial charge in [0.05, 0.1) is 11.9 Å². The lowest BCUT2D eigenvalue weighted by molar-refractivity contribution is 0.0704. The summed E-state index contributed by atoms with van der Waals surface area (Å²) >= 11 is 1.45. The fourth-order valence-corrected chi connectivity index (χ4v) is 3.75. The third-order valence-electron chi connectivity index (χ3n) is 4.58. The Labute approximate surface area is 159 Å². The van der Waals surface area contributed by atoms with Gasteiger partial charge in [-0.05, 0) is 19.8 Å². The van der Waals surface area contributed by atoms with Gasteiger partial charge in [-0.25, -0.2) is 15.0 Å². The molecule has 0 spiro atoms. The summed E-state index contributed by atoms with van der Waals surface area (Å²) in [6.07, 6.45) is 6.27. The maximum Gasteiger partial charge on any atom is 0.274 e. The first-order valence-corrected chi connectivity index (χ1v) is 9.57. The van der Waals surface area contributed by atoms with Crippen LogP contribution in [0.1, 0.15) is 40.8 Å². The van der Waals surface area contributed by atoms with Gasteiger partial charge in [0.1, 0.15) is 22.2 Å². The molecule has 1 N–H and O–H groups in total. The Hall–Kier alpha value is -2.94. The summed E-state index contributed by atoms with van der Waals surface area (Å²) in [6.45, 7) is 3.01. The highest BCUT2D eigenvalue weighted by Crippen LogP contribution is 2.27. The van der Waals surface area contributed by atoms with E-state index in [0.29, 0.717) is 30.3 Å². The zero-order valence-electron chi connectivity index (χ0n) is 14.8. The van der Waals surface area contributed by atoms with Gasteiger partial charge in [0.25, 0.3) is 11.5 Å². The van der Waals surface area contributed by atoms with Crippen molar-refractivity contribution in [1.29, 1.82) is 0 Å². The topological polar surface area (TPSA) is 105 Å². The first-order valence-electron chi connectivity index (χ1n) is 8.69. The Morgan fingerprint density at radius 3 is 2.70 bits per heavy atom. The van der Waals surface area contributed by atoms with Crippen molar-refractivity contribution in [3.63, 3.8) is 0 Å². The number of nitrogens with one attached hydrogen (secondary N) is 1. The van der Waals surface area contributed by atoms with Crippen LogP contribution < -0.4 is 5.56 Å². The Bertz CT molecular complexity index is 991. The Morgan fingerprint density at radius 2 is 2.04 bits per heavy atom. The van der Waals surface area contributed by atoms with E-state index in [1.807, 2.05) is 12.3 Å². The fraction of sp³-hybridized carbons (Fsp3) is 0.333. The van der Waals surface area contributed by atoms with E-state index in [1.165, 1.54) is 23.6 Å².